The van der Waals surface area contributed by atoms with Crippen molar-refractivity contribution in [3.05, 3.63) is 48.2 Å². The fourth-order valence-electron chi connectivity index (χ4n) is 1.96. The number of nitrogens with one attached hydrogen (secondary N) is 1. The number of pyridine rings is 1. The van der Waals surface area contributed by atoms with Crippen LogP contribution < -0.4 is 4.72 Å². The van der Waals surface area contributed by atoms with Gasteiger partial charge in [-0.05, 0) is 31.2 Å². The maximum Gasteiger partial charge on any atom is 0.242 e. The highest BCUT2D eigenvalue weighted by Gasteiger charge is 2.16. The summed E-state index contributed by atoms with van der Waals surface area (Å²) in [5.74, 6) is 1.30. The van der Waals surface area contributed by atoms with Crippen LogP contribution in [0.15, 0.2) is 46.0 Å². The number of sulfonamides is 1. The highest BCUT2D eigenvalue weighted by atomic mass is 32.2. The van der Waals surface area contributed by atoms with Crippen LogP contribution in [0.5, 0.6) is 0 Å². The van der Waals surface area contributed by atoms with Gasteiger partial charge in [0.25, 0.3) is 0 Å². The Labute approximate surface area is 135 Å². The molecule has 0 bridgehead atoms. The molecule has 0 aliphatic rings. The normalized spacial score (nSPS) is 11.4. The van der Waals surface area contributed by atoms with Gasteiger partial charge in [-0.2, -0.15) is 0 Å². The molecule has 0 atom stereocenters. The van der Waals surface area contributed by atoms with Crippen LogP contribution in [-0.4, -0.2) is 37.8 Å². The van der Waals surface area contributed by atoms with Gasteiger partial charge >= 0.3 is 0 Å². The van der Waals surface area contributed by atoms with Gasteiger partial charge in [-0.15, -0.1) is 0 Å². The van der Waals surface area contributed by atoms with E-state index in [4.69, 9.17) is 4.42 Å². The summed E-state index contributed by atoms with van der Waals surface area (Å²) in [4.78, 5) is 17.4. The molecule has 2 rings (SSSR count). The van der Waals surface area contributed by atoms with E-state index < -0.39 is 10.0 Å². The average molecular weight is 337 g/mol. The highest BCUT2D eigenvalue weighted by molar-refractivity contribution is 7.89. The lowest BCUT2D eigenvalue weighted by Gasteiger charge is -2.16. The molecule has 0 spiro atoms. The van der Waals surface area contributed by atoms with Crippen molar-refractivity contribution in [3.8, 4) is 0 Å². The zero-order valence-corrected chi connectivity index (χ0v) is 13.8. The van der Waals surface area contributed by atoms with Crippen molar-refractivity contribution in [2.45, 2.75) is 24.8 Å². The summed E-state index contributed by atoms with van der Waals surface area (Å²) in [5.41, 5.74) is 0. The minimum atomic E-state index is -3.64. The molecule has 0 aliphatic heterocycles. The fraction of sp³-hybridized carbons (Fsp3) is 0.333. The van der Waals surface area contributed by atoms with E-state index in [1.807, 2.05) is 19.1 Å². The summed E-state index contributed by atoms with van der Waals surface area (Å²) >= 11 is 0. The molecule has 0 aliphatic carbocycles. The van der Waals surface area contributed by atoms with Crippen molar-refractivity contribution in [2.75, 3.05) is 13.6 Å². The van der Waals surface area contributed by atoms with E-state index in [2.05, 4.69) is 9.71 Å². The van der Waals surface area contributed by atoms with Crippen LogP contribution in [0.1, 0.15) is 17.9 Å². The Morgan fingerprint density at radius 1 is 1.35 bits per heavy atom. The first-order valence-corrected chi connectivity index (χ1v) is 8.56. The molecule has 2 heterocycles. The number of aromatic nitrogens is 1. The molecular formula is C15H19N3O4S. The number of hydrogen-bond acceptors (Lipinski definition) is 5. The number of rotatable bonds is 7. The molecule has 0 aromatic carbocycles. The van der Waals surface area contributed by atoms with E-state index in [1.54, 1.807) is 13.1 Å². The van der Waals surface area contributed by atoms with Crippen LogP contribution in [0.25, 0.3) is 0 Å². The van der Waals surface area contributed by atoms with Crippen LogP contribution in [0.3, 0.4) is 0 Å². The van der Waals surface area contributed by atoms with E-state index in [9.17, 15) is 13.2 Å². The molecule has 23 heavy (non-hydrogen) atoms. The molecule has 0 saturated heterocycles. The second kappa shape index (κ2) is 7.38. The Balaban J connectivity index is 1.82. The molecular weight excluding hydrogens is 318 g/mol. The largest absolute Gasteiger partial charge is 0.464 e. The maximum atomic E-state index is 12.0. The van der Waals surface area contributed by atoms with Gasteiger partial charge in [0.15, 0.2) is 0 Å². The van der Waals surface area contributed by atoms with E-state index in [1.165, 1.54) is 23.4 Å². The van der Waals surface area contributed by atoms with Gasteiger partial charge in [0.05, 0.1) is 6.54 Å². The van der Waals surface area contributed by atoms with Gasteiger partial charge in [-0.3, -0.25) is 9.78 Å². The van der Waals surface area contributed by atoms with Crippen LogP contribution >= 0.6 is 0 Å². The summed E-state index contributed by atoms with van der Waals surface area (Å²) in [5, 5.41) is 0. The zero-order chi connectivity index (χ0) is 16.9. The number of carbonyl (C=O) groups is 1. The lowest BCUT2D eigenvalue weighted by atomic mass is 10.3. The number of aryl methyl sites for hydroxylation is 1. The Morgan fingerprint density at radius 2 is 2.13 bits per heavy atom. The summed E-state index contributed by atoms with van der Waals surface area (Å²) in [6, 6.07) is 6.63. The predicted molar refractivity (Wildman–Crippen MR) is 84.0 cm³/mol. The number of hydrogen-bond donors (Lipinski definition) is 1. The van der Waals surface area contributed by atoms with Crippen molar-refractivity contribution < 1.29 is 17.6 Å². The average Bonchev–Trinajstić information content (AvgIpc) is 2.93. The van der Waals surface area contributed by atoms with Gasteiger partial charge in [0.2, 0.25) is 15.9 Å². The second-order valence-electron chi connectivity index (χ2n) is 5.10. The van der Waals surface area contributed by atoms with Crippen molar-refractivity contribution in [2.24, 2.45) is 0 Å². The second-order valence-corrected chi connectivity index (χ2v) is 6.87. The molecule has 1 amide bonds. The summed E-state index contributed by atoms with van der Waals surface area (Å²) in [7, 11) is -1.99. The Bertz CT molecular complexity index is 756. The lowest BCUT2D eigenvalue weighted by Crippen LogP contribution is -2.31. The molecule has 0 unspecified atom stereocenters. The SMILES string of the molecule is Cc1ccc(CN(C)C(=O)CCNS(=O)(=O)c2cccnc2)o1. The Morgan fingerprint density at radius 3 is 2.74 bits per heavy atom. The highest BCUT2D eigenvalue weighted by Crippen LogP contribution is 2.09. The Hall–Kier alpha value is -2.19. The third kappa shape index (κ3) is 4.90. The molecule has 2 aromatic heterocycles. The first kappa shape index (κ1) is 17.2. The first-order valence-electron chi connectivity index (χ1n) is 7.07. The van der Waals surface area contributed by atoms with Crippen LogP contribution in [0.2, 0.25) is 0 Å². The molecule has 124 valence electrons. The van der Waals surface area contributed by atoms with Crippen LogP contribution in [0, 0.1) is 6.92 Å². The van der Waals surface area contributed by atoms with Crippen molar-refractivity contribution in [3.63, 3.8) is 0 Å². The summed E-state index contributed by atoms with van der Waals surface area (Å²) < 4.78 is 31.8. The minimum Gasteiger partial charge on any atom is -0.464 e. The fourth-order valence-corrected chi connectivity index (χ4v) is 2.96. The number of amides is 1. The van der Waals surface area contributed by atoms with Crippen LogP contribution in [-0.2, 0) is 21.4 Å². The maximum absolute atomic E-state index is 12.0. The van der Waals surface area contributed by atoms with E-state index in [-0.39, 0.29) is 23.8 Å². The topological polar surface area (TPSA) is 92.5 Å². The standard InChI is InChI=1S/C15H19N3O4S/c1-12-5-6-13(22-12)11-18(2)15(19)7-9-17-23(20,21)14-4-3-8-16-10-14/h3-6,8,10,17H,7,9,11H2,1-2H3. The zero-order valence-electron chi connectivity index (χ0n) is 13.0. The van der Waals surface area contributed by atoms with Crippen molar-refractivity contribution >= 4 is 15.9 Å². The number of nitrogens with zero attached hydrogens (tertiary/aromatic N) is 2. The van der Waals surface area contributed by atoms with Gasteiger partial charge in [0.1, 0.15) is 16.4 Å². The van der Waals surface area contributed by atoms with Crippen LogP contribution in [0.4, 0.5) is 0 Å². The van der Waals surface area contributed by atoms with Gasteiger partial charge in [0, 0.05) is 32.4 Å². The molecule has 7 nitrogen and oxygen atoms in total. The molecule has 0 saturated carbocycles. The van der Waals surface area contributed by atoms with E-state index in [0.29, 0.717) is 12.3 Å². The molecule has 2 aromatic rings. The van der Waals surface area contributed by atoms with Gasteiger partial charge < -0.3 is 9.32 Å². The summed E-state index contributed by atoms with van der Waals surface area (Å²) in [6.45, 7) is 2.21. The smallest absolute Gasteiger partial charge is 0.242 e. The van der Waals surface area contributed by atoms with E-state index in [0.717, 1.165) is 5.76 Å². The van der Waals surface area contributed by atoms with Gasteiger partial charge in [-0.1, -0.05) is 0 Å². The Kier molecular flexibility index (Phi) is 5.51. The third-order valence-corrected chi connectivity index (χ3v) is 4.64. The molecule has 1 N–H and O–H groups in total. The lowest BCUT2D eigenvalue weighted by molar-refractivity contribution is -0.130. The van der Waals surface area contributed by atoms with Crippen molar-refractivity contribution in [1.29, 1.82) is 0 Å². The number of carbonyl (C=O) groups excluding carboxylic acids is 1. The minimum absolute atomic E-state index is 0.0254. The third-order valence-electron chi connectivity index (χ3n) is 3.19. The first-order chi connectivity index (χ1) is 10.9. The molecule has 8 heteroatoms. The quantitative estimate of drug-likeness (QED) is 0.822. The summed E-state index contributed by atoms with van der Waals surface area (Å²) in [6.07, 6.45) is 2.82. The van der Waals surface area contributed by atoms with E-state index >= 15 is 0 Å². The number of furan rings is 1. The predicted octanol–water partition coefficient (Wildman–Crippen LogP) is 1.31. The van der Waals surface area contributed by atoms with Gasteiger partial charge in [-0.25, -0.2) is 13.1 Å². The monoisotopic (exact) mass is 337 g/mol. The molecule has 0 fully saturated rings. The van der Waals surface area contributed by atoms with Crippen molar-refractivity contribution in [1.82, 2.24) is 14.6 Å². The molecule has 0 radical (unpaired) electrons.